The van der Waals surface area contributed by atoms with Crippen LogP contribution in [0.15, 0.2) is 77.6 Å². The summed E-state index contributed by atoms with van der Waals surface area (Å²) in [6.07, 6.45) is 3.42. The molecule has 1 aromatic heterocycles. The van der Waals surface area contributed by atoms with Gasteiger partial charge in [-0.25, -0.2) is 4.98 Å². The van der Waals surface area contributed by atoms with Gasteiger partial charge in [0, 0.05) is 12.1 Å². The molecule has 0 saturated heterocycles. The topological polar surface area (TPSA) is 78.0 Å². The summed E-state index contributed by atoms with van der Waals surface area (Å²) >= 11 is 0. The second-order valence-corrected chi connectivity index (χ2v) is 6.65. The molecule has 4 rings (SSSR count). The maximum absolute atomic E-state index is 13.2. The van der Waals surface area contributed by atoms with Crippen molar-refractivity contribution in [3.05, 3.63) is 110 Å². The maximum atomic E-state index is 13.2. The molecule has 0 saturated carbocycles. The Hall–Kier alpha value is -4.06. The molecule has 0 aliphatic rings. The van der Waals surface area contributed by atoms with Crippen LogP contribution in [0.4, 0.5) is 5.69 Å². The lowest BCUT2D eigenvalue weighted by Crippen LogP contribution is -2.22. The second kappa shape index (κ2) is 7.52. The zero-order valence-corrected chi connectivity index (χ0v) is 15.6. The van der Waals surface area contributed by atoms with Crippen LogP contribution in [-0.4, -0.2) is 14.5 Å². The lowest BCUT2D eigenvalue weighted by Gasteiger charge is -2.12. The van der Waals surface area contributed by atoms with Crippen molar-refractivity contribution in [3.63, 3.8) is 0 Å². The SMILES string of the molecule is Cc1cccc(-n2c(/C=C/c3cccc([N+](=O)[O-])c3)nc3ccccc3c2=O)c1. The molecular weight excluding hydrogens is 366 g/mol. The van der Waals surface area contributed by atoms with Gasteiger partial charge in [-0.3, -0.25) is 19.5 Å². The molecule has 0 aliphatic carbocycles. The van der Waals surface area contributed by atoms with Crippen LogP contribution in [0.2, 0.25) is 0 Å². The first-order chi connectivity index (χ1) is 14.0. The van der Waals surface area contributed by atoms with E-state index >= 15 is 0 Å². The Kier molecular flexibility index (Phi) is 4.75. The molecule has 0 fully saturated rings. The minimum Gasteiger partial charge on any atom is -0.268 e. The van der Waals surface area contributed by atoms with Crippen LogP contribution in [-0.2, 0) is 0 Å². The molecule has 0 aliphatic heterocycles. The monoisotopic (exact) mass is 383 g/mol. The van der Waals surface area contributed by atoms with Gasteiger partial charge in [-0.15, -0.1) is 0 Å². The Labute approximate surface area is 166 Å². The Balaban J connectivity index is 1.91. The number of nitrogens with zero attached hydrogens (tertiary/aromatic N) is 3. The van der Waals surface area contributed by atoms with Gasteiger partial charge in [0.1, 0.15) is 5.82 Å². The van der Waals surface area contributed by atoms with Crippen LogP contribution < -0.4 is 5.56 Å². The molecule has 3 aromatic carbocycles. The van der Waals surface area contributed by atoms with E-state index in [0.29, 0.717) is 28.0 Å². The number of benzene rings is 3. The van der Waals surface area contributed by atoms with Crippen LogP contribution in [0.5, 0.6) is 0 Å². The first-order valence-corrected chi connectivity index (χ1v) is 9.04. The molecule has 6 heteroatoms. The van der Waals surface area contributed by atoms with Crippen molar-refractivity contribution in [1.29, 1.82) is 0 Å². The third kappa shape index (κ3) is 3.68. The third-order valence-electron chi connectivity index (χ3n) is 4.57. The maximum Gasteiger partial charge on any atom is 0.270 e. The number of aromatic nitrogens is 2. The van der Waals surface area contributed by atoms with E-state index in [2.05, 4.69) is 4.98 Å². The summed E-state index contributed by atoms with van der Waals surface area (Å²) in [5.41, 5.74) is 2.83. The zero-order valence-electron chi connectivity index (χ0n) is 15.6. The van der Waals surface area contributed by atoms with Gasteiger partial charge in [-0.2, -0.15) is 0 Å². The lowest BCUT2D eigenvalue weighted by molar-refractivity contribution is -0.384. The Morgan fingerprint density at radius 2 is 1.76 bits per heavy atom. The van der Waals surface area contributed by atoms with Gasteiger partial charge in [0.2, 0.25) is 0 Å². The summed E-state index contributed by atoms with van der Waals surface area (Å²) in [5, 5.41) is 11.5. The molecule has 6 nitrogen and oxygen atoms in total. The molecule has 0 spiro atoms. The third-order valence-corrected chi connectivity index (χ3v) is 4.57. The molecule has 0 bridgehead atoms. The number of nitro benzene ring substituents is 1. The van der Waals surface area contributed by atoms with Crippen molar-refractivity contribution in [3.8, 4) is 5.69 Å². The molecule has 0 atom stereocenters. The number of hydrogen-bond acceptors (Lipinski definition) is 4. The highest BCUT2D eigenvalue weighted by Crippen LogP contribution is 2.18. The minimum absolute atomic E-state index is 0.00898. The standard InChI is InChI=1S/C23H17N3O3/c1-16-6-4-8-18(14-16)25-22(24-21-11-3-2-10-20(21)23(25)27)13-12-17-7-5-9-19(15-17)26(28)29/h2-15H,1H3/b13-12+. The highest BCUT2D eigenvalue weighted by molar-refractivity contribution is 5.80. The van der Waals surface area contributed by atoms with Crippen molar-refractivity contribution in [2.45, 2.75) is 6.92 Å². The molecule has 1 heterocycles. The summed E-state index contributed by atoms with van der Waals surface area (Å²) in [4.78, 5) is 28.4. The normalized spacial score (nSPS) is 11.2. The Morgan fingerprint density at radius 1 is 0.966 bits per heavy atom. The summed E-state index contributed by atoms with van der Waals surface area (Å²) in [6.45, 7) is 1.96. The van der Waals surface area contributed by atoms with Crippen LogP contribution in [0.25, 0.3) is 28.7 Å². The van der Waals surface area contributed by atoms with Crippen LogP contribution in [0.3, 0.4) is 0 Å². The van der Waals surface area contributed by atoms with Gasteiger partial charge >= 0.3 is 0 Å². The van der Waals surface area contributed by atoms with Crippen LogP contribution in [0, 0.1) is 17.0 Å². The van der Waals surface area contributed by atoms with E-state index in [9.17, 15) is 14.9 Å². The van der Waals surface area contributed by atoms with Crippen molar-refractivity contribution < 1.29 is 4.92 Å². The lowest BCUT2D eigenvalue weighted by atomic mass is 10.1. The fraction of sp³-hybridized carbons (Fsp3) is 0.0435. The fourth-order valence-corrected chi connectivity index (χ4v) is 3.19. The van der Waals surface area contributed by atoms with Gasteiger partial charge in [0.25, 0.3) is 11.2 Å². The molecular formula is C23H17N3O3. The number of nitro groups is 1. The van der Waals surface area contributed by atoms with Crippen molar-refractivity contribution in [2.24, 2.45) is 0 Å². The second-order valence-electron chi connectivity index (χ2n) is 6.65. The van der Waals surface area contributed by atoms with E-state index in [1.54, 1.807) is 41.0 Å². The number of hydrogen-bond donors (Lipinski definition) is 0. The number of para-hydroxylation sites is 1. The molecule has 142 valence electrons. The van der Waals surface area contributed by atoms with Gasteiger partial charge in [0.05, 0.1) is 21.5 Å². The fourth-order valence-electron chi connectivity index (χ4n) is 3.19. The Morgan fingerprint density at radius 3 is 2.55 bits per heavy atom. The number of fused-ring (bicyclic) bond motifs is 1. The van der Waals surface area contributed by atoms with Gasteiger partial charge in [0.15, 0.2) is 0 Å². The number of aryl methyl sites for hydroxylation is 1. The average molecular weight is 383 g/mol. The molecule has 0 radical (unpaired) electrons. The van der Waals surface area contributed by atoms with E-state index in [4.69, 9.17) is 0 Å². The molecule has 29 heavy (non-hydrogen) atoms. The predicted octanol–water partition coefficient (Wildman–Crippen LogP) is 4.77. The summed E-state index contributed by atoms with van der Waals surface area (Å²) in [6, 6.07) is 21.1. The smallest absolute Gasteiger partial charge is 0.268 e. The molecule has 0 amide bonds. The average Bonchev–Trinajstić information content (AvgIpc) is 2.72. The van der Waals surface area contributed by atoms with E-state index in [0.717, 1.165) is 5.56 Å². The first-order valence-electron chi connectivity index (χ1n) is 9.04. The largest absolute Gasteiger partial charge is 0.270 e. The summed E-state index contributed by atoms with van der Waals surface area (Å²) < 4.78 is 1.56. The zero-order chi connectivity index (χ0) is 20.4. The van der Waals surface area contributed by atoms with Crippen LogP contribution in [0.1, 0.15) is 17.0 Å². The van der Waals surface area contributed by atoms with E-state index < -0.39 is 4.92 Å². The van der Waals surface area contributed by atoms with Crippen LogP contribution >= 0.6 is 0 Å². The quantitative estimate of drug-likeness (QED) is 0.375. The molecule has 0 unspecified atom stereocenters. The van der Waals surface area contributed by atoms with Gasteiger partial charge in [-0.1, -0.05) is 42.5 Å². The van der Waals surface area contributed by atoms with Crippen molar-refractivity contribution >= 4 is 28.7 Å². The predicted molar refractivity (Wildman–Crippen MR) is 114 cm³/mol. The summed E-state index contributed by atoms with van der Waals surface area (Å²) in [7, 11) is 0. The van der Waals surface area contributed by atoms with Crippen molar-refractivity contribution in [1.82, 2.24) is 9.55 Å². The van der Waals surface area contributed by atoms with E-state index in [1.165, 1.54) is 12.1 Å². The molecule has 4 aromatic rings. The number of non-ortho nitro benzene ring substituents is 1. The van der Waals surface area contributed by atoms with Gasteiger partial charge in [-0.05, 0) is 48.4 Å². The van der Waals surface area contributed by atoms with E-state index in [1.807, 2.05) is 43.3 Å². The molecule has 0 N–H and O–H groups in total. The highest BCUT2D eigenvalue weighted by atomic mass is 16.6. The van der Waals surface area contributed by atoms with Crippen molar-refractivity contribution in [2.75, 3.05) is 0 Å². The first kappa shape index (κ1) is 18.3. The Bertz CT molecular complexity index is 1320. The minimum atomic E-state index is -0.436. The highest BCUT2D eigenvalue weighted by Gasteiger charge is 2.11. The van der Waals surface area contributed by atoms with E-state index in [-0.39, 0.29) is 11.2 Å². The van der Waals surface area contributed by atoms with Gasteiger partial charge < -0.3 is 0 Å². The summed E-state index contributed by atoms with van der Waals surface area (Å²) in [5.74, 6) is 0.450. The number of rotatable bonds is 4.